The van der Waals surface area contributed by atoms with Crippen LogP contribution >= 0.6 is 0 Å². The Morgan fingerprint density at radius 2 is 1.76 bits per heavy atom. The van der Waals surface area contributed by atoms with Gasteiger partial charge in [0.1, 0.15) is 12.4 Å². The van der Waals surface area contributed by atoms with Crippen molar-refractivity contribution in [3.63, 3.8) is 0 Å². The third-order valence-electron chi connectivity index (χ3n) is 3.65. The molecule has 0 radical (unpaired) electrons. The monoisotopic (exact) mass is 335 g/mol. The Hall–Kier alpha value is -3.34. The van der Waals surface area contributed by atoms with Crippen LogP contribution in [0, 0.1) is 0 Å². The quantitative estimate of drug-likeness (QED) is 0.683. The van der Waals surface area contributed by atoms with E-state index in [2.05, 4.69) is 4.99 Å². The Bertz CT molecular complexity index is 877. The molecule has 3 aromatic rings. The van der Waals surface area contributed by atoms with E-state index >= 15 is 0 Å². The zero-order valence-electron chi connectivity index (χ0n) is 13.7. The first-order valence-electron chi connectivity index (χ1n) is 7.72. The van der Waals surface area contributed by atoms with E-state index in [1.165, 1.54) is 12.3 Å². The molecule has 0 fully saturated rings. The molecular weight excluding hydrogens is 318 g/mol. The third kappa shape index (κ3) is 4.14. The molecule has 3 rings (SSSR count). The van der Waals surface area contributed by atoms with Gasteiger partial charge in [0.05, 0.1) is 6.26 Å². The molecule has 2 aromatic carbocycles. The number of carbonyl (C=O) groups is 1. The number of aliphatic imine (C=N–C) groups is 1. The van der Waals surface area contributed by atoms with E-state index < -0.39 is 5.97 Å². The summed E-state index contributed by atoms with van der Waals surface area (Å²) in [5, 5.41) is 8.83. The summed E-state index contributed by atoms with van der Waals surface area (Å²) in [5.74, 6) is -0.478. The molecule has 1 aromatic heterocycles. The Morgan fingerprint density at radius 1 is 1.12 bits per heavy atom. The maximum atomic E-state index is 10.8. The van der Waals surface area contributed by atoms with E-state index in [-0.39, 0.29) is 12.4 Å². The van der Waals surface area contributed by atoms with Crippen LogP contribution < -0.4 is 4.74 Å². The Labute approximate surface area is 145 Å². The maximum Gasteiger partial charge on any atom is 0.371 e. The fraction of sp³-hybridized carbons (Fsp3) is 0.100. The zero-order valence-corrected chi connectivity index (χ0v) is 13.7. The van der Waals surface area contributed by atoms with Crippen LogP contribution in [0.25, 0.3) is 11.1 Å². The highest BCUT2D eigenvalue weighted by Crippen LogP contribution is 2.23. The summed E-state index contributed by atoms with van der Waals surface area (Å²) < 4.78 is 10.6. The first kappa shape index (κ1) is 16.5. The van der Waals surface area contributed by atoms with Crippen LogP contribution in [0.3, 0.4) is 0 Å². The summed E-state index contributed by atoms with van der Waals surface area (Å²) in [7, 11) is 1.75. The molecule has 0 aliphatic carbocycles. The molecule has 0 bridgehead atoms. The fourth-order valence-electron chi connectivity index (χ4n) is 2.38. The topological polar surface area (TPSA) is 72.0 Å². The minimum atomic E-state index is -1.09. The molecule has 0 aliphatic heterocycles. The van der Waals surface area contributed by atoms with Crippen molar-refractivity contribution >= 4 is 12.2 Å². The van der Waals surface area contributed by atoms with Crippen molar-refractivity contribution < 1.29 is 19.1 Å². The van der Waals surface area contributed by atoms with Gasteiger partial charge in [0, 0.05) is 18.8 Å². The van der Waals surface area contributed by atoms with Crippen molar-refractivity contribution in [1.29, 1.82) is 0 Å². The van der Waals surface area contributed by atoms with Gasteiger partial charge >= 0.3 is 5.97 Å². The van der Waals surface area contributed by atoms with Crippen LogP contribution in [0.4, 0.5) is 0 Å². The van der Waals surface area contributed by atoms with E-state index in [1.54, 1.807) is 7.05 Å². The van der Waals surface area contributed by atoms with Crippen molar-refractivity contribution in [3.8, 4) is 16.9 Å². The number of nitrogens with zero attached hydrogens (tertiary/aromatic N) is 1. The number of carboxylic acid groups (broad SMARTS) is 1. The lowest BCUT2D eigenvalue weighted by molar-refractivity contribution is 0.0662. The molecule has 5 nitrogen and oxygen atoms in total. The Kier molecular flexibility index (Phi) is 4.95. The smallest absolute Gasteiger partial charge is 0.371 e. The normalized spacial score (nSPS) is 10.9. The van der Waals surface area contributed by atoms with Gasteiger partial charge in [-0.05, 0) is 34.9 Å². The van der Waals surface area contributed by atoms with Gasteiger partial charge in [-0.1, -0.05) is 36.4 Å². The van der Waals surface area contributed by atoms with Gasteiger partial charge in [-0.2, -0.15) is 0 Å². The van der Waals surface area contributed by atoms with Gasteiger partial charge in [0.15, 0.2) is 0 Å². The largest absolute Gasteiger partial charge is 0.489 e. The van der Waals surface area contributed by atoms with Crippen LogP contribution in [0.2, 0.25) is 0 Å². The average molecular weight is 335 g/mol. The number of furan rings is 1. The summed E-state index contributed by atoms with van der Waals surface area (Å²) in [5.41, 5.74) is 3.94. The van der Waals surface area contributed by atoms with Crippen molar-refractivity contribution in [2.24, 2.45) is 4.99 Å². The third-order valence-corrected chi connectivity index (χ3v) is 3.65. The molecule has 1 N–H and O–H groups in total. The molecule has 0 unspecified atom stereocenters. The molecule has 0 saturated heterocycles. The van der Waals surface area contributed by atoms with Gasteiger partial charge in [-0.3, -0.25) is 4.99 Å². The number of hydrogen-bond acceptors (Lipinski definition) is 4. The van der Waals surface area contributed by atoms with Crippen LogP contribution in [0.15, 0.2) is 70.3 Å². The number of ether oxygens (including phenoxy) is 1. The number of carboxylic acids is 1. The van der Waals surface area contributed by atoms with Crippen molar-refractivity contribution in [2.75, 3.05) is 7.05 Å². The van der Waals surface area contributed by atoms with Crippen LogP contribution in [-0.2, 0) is 6.61 Å². The summed E-state index contributed by atoms with van der Waals surface area (Å²) in [6.45, 7) is 0.251. The molecule has 25 heavy (non-hydrogen) atoms. The van der Waals surface area contributed by atoms with Crippen molar-refractivity contribution in [1.82, 2.24) is 0 Å². The molecule has 1 heterocycles. The van der Waals surface area contributed by atoms with E-state index in [9.17, 15) is 4.79 Å². The summed E-state index contributed by atoms with van der Waals surface area (Å²) in [4.78, 5) is 14.8. The molecular formula is C20H17NO4. The van der Waals surface area contributed by atoms with E-state index in [4.69, 9.17) is 14.3 Å². The fourth-order valence-corrected chi connectivity index (χ4v) is 2.38. The van der Waals surface area contributed by atoms with Crippen LogP contribution in [-0.4, -0.2) is 24.3 Å². The molecule has 0 saturated carbocycles. The predicted octanol–water partition coefficient (Wildman–Crippen LogP) is 4.27. The summed E-state index contributed by atoms with van der Waals surface area (Å²) >= 11 is 0. The average Bonchev–Trinajstić information content (AvgIpc) is 3.11. The first-order valence-corrected chi connectivity index (χ1v) is 7.72. The second kappa shape index (κ2) is 7.49. The zero-order chi connectivity index (χ0) is 17.6. The van der Waals surface area contributed by atoms with Gasteiger partial charge in [0.2, 0.25) is 5.76 Å². The minimum Gasteiger partial charge on any atom is -0.489 e. The van der Waals surface area contributed by atoms with Crippen LogP contribution in [0.5, 0.6) is 5.75 Å². The van der Waals surface area contributed by atoms with E-state index in [0.717, 1.165) is 16.7 Å². The lowest BCUT2D eigenvalue weighted by Crippen LogP contribution is -1.95. The Balaban J connectivity index is 1.64. The van der Waals surface area contributed by atoms with Crippen molar-refractivity contribution in [3.05, 3.63) is 77.7 Å². The highest BCUT2D eigenvalue weighted by Gasteiger charge is 2.09. The second-order valence-electron chi connectivity index (χ2n) is 5.45. The number of rotatable bonds is 6. The number of benzene rings is 2. The SMILES string of the molecule is CN=Cc1ccc(-c2ccc(OCc3coc(C(=O)O)c3)cc2)cc1. The van der Waals surface area contributed by atoms with E-state index in [0.29, 0.717) is 11.3 Å². The standard InChI is InChI=1S/C20H17NO4/c1-21-11-14-2-4-16(5-3-14)17-6-8-18(9-7-17)24-12-15-10-19(20(22)23)25-13-15/h2-11,13H,12H2,1H3,(H,22,23). The molecule has 126 valence electrons. The highest BCUT2D eigenvalue weighted by atomic mass is 16.5. The lowest BCUT2D eigenvalue weighted by Gasteiger charge is -2.06. The highest BCUT2D eigenvalue weighted by molar-refractivity contribution is 5.84. The Morgan fingerprint density at radius 3 is 2.32 bits per heavy atom. The number of hydrogen-bond donors (Lipinski definition) is 1. The predicted molar refractivity (Wildman–Crippen MR) is 95.4 cm³/mol. The van der Waals surface area contributed by atoms with Crippen LogP contribution in [0.1, 0.15) is 21.7 Å². The van der Waals surface area contributed by atoms with Gasteiger partial charge < -0.3 is 14.3 Å². The summed E-state index contributed by atoms with van der Waals surface area (Å²) in [6.07, 6.45) is 3.20. The molecule has 0 aliphatic rings. The maximum absolute atomic E-state index is 10.8. The van der Waals surface area contributed by atoms with Crippen molar-refractivity contribution in [2.45, 2.75) is 6.61 Å². The van der Waals surface area contributed by atoms with E-state index in [1.807, 2.05) is 54.7 Å². The van der Waals surface area contributed by atoms with Gasteiger partial charge in [0.25, 0.3) is 0 Å². The second-order valence-corrected chi connectivity index (χ2v) is 5.45. The lowest BCUT2D eigenvalue weighted by atomic mass is 10.0. The minimum absolute atomic E-state index is 0.0921. The van der Waals surface area contributed by atoms with Gasteiger partial charge in [-0.15, -0.1) is 0 Å². The molecule has 0 spiro atoms. The molecule has 0 amide bonds. The first-order chi connectivity index (χ1) is 12.2. The molecule has 0 atom stereocenters. The summed E-state index contributed by atoms with van der Waals surface area (Å²) in [6, 6.07) is 17.3. The van der Waals surface area contributed by atoms with Gasteiger partial charge in [-0.25, -0.2) is 4.79 Å². The molecule has 5 heteroatoms. The number of aromatic carboxylic acids is 1.